The van der Waals surface area contributed by atoms with Crippen molar-refractivity contribution in [3.8, 4) is 0 Å². The molecule has 178 valence electrons. The Labute approximate surface area is 189 Å². The van der Waals surface area contributed by atoms with Gasteiger partial charge < -0.3 is 9.47 Å². The number of carbonyl (C=O) groups is 2. The number of carbonyl (C=O) groups excluding carboxylic acids is 2. The minimum Gasteiger partial charge on any atom is -0.373 e. The Morgan fingerprint density at radius 2 is 1.12 bits per heavy atom. The van der Waals surface area contributed by atoms with Crippen LogP contribution < -0.4 is 0 Å². The summed E-state index contributed by atoms with van der Waals surface area (Å²) >= 11 is 0. The number of hydrogen-bond acceptors (Lipinski definition) is 8. The predicted molar refractivity (Wildman–Crippen MR) is 118 cm³/mol. The Balaban J connectivity index is 1.58. The molecule has 0 radical (unpaired) electrons. The standard InChI is InChI=1S/C22H36N6O4/c1-21(2,3)19(29)7-9-27-13-17(23-25-27)15-31-11-12-32-16-18-14-28(26-24-18)10-8-20(30)22(4,5)6/h13-14H,7-12,15-16H2,1-6H3. The molecule has 0 spiro atoms. The summed E-state index contributed by atoms with van der Waals surface area (Å²) in [5.41, 5.74) is 0.736. The summed E-state index contributed by atoms with van der Waals surface area (Å²) in [5.74, 6) is 0.391. The SMILES string of the molecule is CC(C)(C)C(=O)CCn1cc(COCCOCc2cn(CCC(=O)C(C)(C)C)nn2)nn1. The van der Waals surface area contributed by atoms with E-state index in [1.807, 2.05) is 41.5 Å². The van der Waals surface area contributed by atoms with Crippen LogP contribution in [0, 0.1) is 10.8 Å². The van der Waals surface area contributed by atoms with Gasteiger partial charge >= 0.3 is 0 Å². The molecule has 0 bridgehead atoms. The summed E-state index contributed by atoms with van der Waals surface area (Å²) in [6, 6.07) is 0. The van der Waals surface area contributed by atoms with Crippen molar-refractivity contribution >= 4 is 11.6 Å². The van der Waals surface area contributed by atoms with E-state index in [9.17, 15) is 9.59 Å². The van der Waals surface area contributed by atoms with Crippen LogP contribution in [0.4, 0.5) is 0 Å². The lowest BCUT2D eigenvalue weighted by atomic mass is 9.89. The number of rotatable bonds is 13. The Bertz CT molecular complexity index is 803. The largest absolute Gasteiger partial charge is 0.373 e. The Morgan fingerprint density at radius 1 is 0.750 bits per heavy atom. The van der Waals surface area contributed by atoms with Crippen LogP contribution in [-0.2, 0) is 45.4 Å². The number of Topliss-reactive ketones (excluding diaryl/α,β-unsaturated/α-hetero) is 2. The number of hydrogen-bond donors (Lipinski definition) is 0. The molecule has 10 nitrogen and oxygen atoms in total. The highest BCUT2D eigenvalue weighted by molar-refractivity contribution is 5.83. The highest BCUT2D eigenvalue weighted by atomic mass is 16.5. The third-order valence-corrected chi connectivity index (χ3v) is 4.85. The summed E-state index contributed by atoms with van der Waals surface area (Å²) in [6.07, 6.45) is 4.44. The normalized spacial score (nSPS) is 12.3. The van der Waals surface area contributed by atoms with Gasteiger partial charge in [0.05, 0.1) is 38.8 Å². The number of nitrogens with zero attached hydrogens (tertiary/aromatic N) is 6. The average Bonchev–Trinajstić information content (AvgIpc) is 3.34. The van der Waals surface area contributed by atoms with E-state index in [-0.39, 0.29) is 22.4 Å². The molecule has 0 unspecified atom stereocenters. The van der Waals surface area contributed by atoms with E-state index < -0.39 is 0 Å². The second-order valence-corrected chi connectivity index (χ2v) is 9.90. The first-order valence-electron chi connectivity index (χ1n) is 11.0. The van der Waals surface area contributed by atoms with Crippen molar-refractivity contribution in [3.63, 3.8) is 0 Å². The van der Waals surface area contributed by atoms with Crippen molar-refractivity contribution in [1.82, 2.24) is 30.0 Å². The van der Waals surface area contributed by atoms with Crippen molar-refractivity contribution in [2.75, 3.05) is 13.2 Å². The fraction of sp³-hybridized carbons (Fsp3) is 0.727. The lowest BCUT2D eigenvalue weighted by molar-refractivity contribution is -0.127. The molecule has 32 heavy (non-hydrogen) atoms. The van der Waals surface area contributed by atoms with Gasteiger partial charge in [0.1, 0.15) is 23.0 Å². The molecule has 0 atom stereocenters. The molecular weight excluding hydrogens is 412 g/mol. The van der Waals surface area contributed by atoms with Crippen LogP contribution in [0.15, 0.2) is 12.4 Å². The van der Waals surface area contributed by atoms with Gasteiger partial charge in [0.15, 0.2) is 0 Å². The van der Waals surface area contributed by atoms with Gasteiger partial charge in [-0.3, -0.25) is 19.0 Å². The van der Waals surface area contributed by atoms with Gasteiger partial charge in [-0.15, -0.1) is 10.2 Å². The zero-order valence-corrected chi connectivity index (χ0v) is 20.1. The van der Waals surface area contributed by atoms with Crippen LogP contribution in [-0.4, -0.2) is 54.8 Å². The minimum absolute atomic E-state index is 0.196. The van der Waals surface area contributed by atoms with Crippen molar-refractivity contribution < 1.29 is 19.1 Å². The smallest absolute Gasteiger partial charge is 0.140 e. The van der Waals surface area contributed by atoms with Crippen molar-refractivity contribution in [2.45, 2.75) is 80.7 Å². The van der Waals surface area contributed by atoms with Gasteiger partial charge in [-0.25, -0.2) is 0 Å². The maximum absolute atomic E-state index is 12.0. The molecule has 0 aliphatic rings. The molecule has 0 saturated carbocycles. The Hall–Kier alpha value is -2.46. The van der Waals surface area contributed by atoms with Gasteiger partial charge in [0.2, 0.25) is 0 Å². The maximum atomic E-state index is 12.0. The molecular formula is C22H36N6O4. The summed E-state index contributed by atoms with van der Waals surface area (Å²) in [7, 11) is 0. The molecule has 2 heterocycles. The van der Waals surface area contributed by atoms with Crippen LogP contribution in [0.1, 0.15) is 65.8 Å². The van der Waals surface area contributed by atoms with E-state index >= 15 is 0 Å². The van der Waals surface area contributed by atoms with Crippen LogP contribution in [0.3, 0.4) is 0 Å². The van der Waals surface area contributed by atoms with Gasteiger partial charge in [-0.1, -0.05) is 52.0 Å². The highest BCUT2D eigenvalue weighted by Crippen LogP contribution is 2.17. The first kappa shape index (κ1) is 25.8. The fourth-order valence-electron chi connectivity index (χ4n) is 2.68. The van der Waals surface area contributed by atoms with Crippen LogP contribution in [0.5, 0.6) is 0 Å². The molecule has 2 aromatic rings. The fourth-order valence-corrected chi connectivity index (χ4v) is 2.68. The van der Waals surface area contributed by atoms with Crippen molar-refractivity contribution in [1.29, 1.82) is 0 Å². The van der Waals surface area contributed by atoms with Gasteiger partial charge in [0, 0.05) is 36.8 Å². The maximum Gasteiger partial charge on any atom is 0.140 e. The average molecular weight is 449 g/mol. The summed E-state index contributed by atoms with van der Waals surface area (Å²) < 4.78 is 14.5. The van der Waals surface area contributed by atoms with E-state index in [4.69, 9.17) is 9.47 Å². The zero-order chi connectivity index (χ0) is 23.8. The monoisotopic (exact) mass is 448 g/mol. The second kappa shape index (κ2) is 11.4. The van der Waals surface area contributed by atoms with E-state index in [1.54, 1.807) is 21.8 Å². The van der Waals surface area contributed by atoms with Gasteiger partial charge in [-0.05, 0) is 0 Å². The number of aromatic nitrogens is 6. The molecule has 0 N–H and O–H groups in total. The van der Waals surface area contributed by atoms with E-state index in [0.717, 1.165) is 0 Å². The first-order chi connectivity index (χ1) is 14.9. The zero-order valence-electron chi connectivity index (χ0n) is 20.1. The molecule has 0 aromatic carbocycles. The Kier molecular flexibility index (Phi) is 9.21. The van der Waals surface area contributed by atoms with Crippen LogP contribution in [0.2, 0.25) is 0 Å². The molecule has 0 aliphatic carbocycles. The lowest BCUT2D eigenvalue weighted by Crippen LogP contribution is -2.21. The summed E-state index contributed by atoms with van der Waals surface area (Å²) in [5, 5.41) is 16.2. The van der Waals surface area contributed by atoms with Gasteiger partial charge in [-0.2, -0.15) is 0 Å². The minimum atomic E-state index is -0.341. The number of ether oxygens (including phenoxy) is 2. The predicted octanol–water partition coefficient (Wildman–Crippen LogP) is 2.61. The third kappa shape index (κ3) is 8.96. The van der Waals surface area contributed by atoms with E-state index in [0.29, 0.717) is 63.7 Å². The molecule has 0 amide bonds. The second-order valence-electron chi connectivity index (χ2n) is 9.90. The summed E-state index contributed by atoms with van der Waals surface area (Å²) in [6.45, 7) is 14.0. The first-order valence-corrected chi connectivity index (χ1v) is 11.0. The van der Waals surface area contributed by atoms with Crippen LogP contribution in [0.25, 0.3) is 0 Å². The Morgan fingerprint density at radius 3 is 1.47 bits per heavy atom. The third-order valence-electron chi connectivity index (χ3n) is 4.85. The molecule has 0 fully saturated rings. The lowest BCUT2D eigenvalue weighted by Gasteiger charge is -2.15. The van der Waals surface area contributed by atoms with E-state index in [1.165, 1.54) is 0 Å². The molecule has 2 rings (SSSR count). The molecule has 0 saturated heterocycles. The van der Waals surface area contributed by atoms with Crippen molar-refractivity contribution in [2.24, 2.45) is 10.8 Å². The molecule has 10 heteroatoms. The highest BCUT2D eigenvalue weighted by Gasteiger charge is 2.21. The van der Waals surface area contributed by atoms with E-state index in [2.05, 4.69) is 20.6 Å². The van der Waals surface area contributed by atoms with Crippen LogP contribution >= 0.6 is 0 Å². The summed E-state index contributed by atoms with van der Waals surface area (Å²) in [4.78, 5) is 24.0. The van der Waals surface area contributed by atoms with Gasteiger partial charge in [0.25, 0.3) is 0 Å². The molecule has 0 aliphatic heterocycles. The topological polar surface area (TPSA) is 114 Å². The van der Waals surface area contributed by atoms with Crippen molar-refractivity contribution in [3.05, 3.63) is 23.8 Å². The molecule has 2 aromatic heterocycles. The quantitative estimate of drug-likeness (QED) is 0.430. The number of aryl methyl sites for hydroxylation is 2. The number of ketones is 2.